The molecule has 3 aromatic carbocycles. The fraction of sp³-hybridized carbons (Fsp3) is 0.431. The highest BCUT2D eigenvalue weighted by Crippen LogP contribution is 2.20. The summed E-state index contributed by atoms with van der Waals surface area (Å²) >= 11 is 0. The van der Waals surface area contributed by atoms with Crippen LogP contribution >= 0.6 is 0 Å². The molecule has 0 fully saturated rings. The van der Waals surface area contributed by atoms with Crippen molar-refractivity contribution < 1.29 is 77.2 Å². The first-order chi connectivity index (χ1) is 42.5. The number of carboxylic acid groups (broad SMARTS) is 1. The van der Waals surface area contributed by atoms with Crippen LogP contribution in [0.25, 0.3) is 10.9 Å². The Labute approximate surface area is 516 Å². The zero-order chi connectivity index (χ0) is 66.8. The van der Waals surface area contributed by atoms with Crippen molar-refractivity contribution in [2.45, 2.75) is 140 Å². The topological polar surface area (TPSA) is 504 Å². The van der Waals surface area contributed by atoms with Gasteiger partial charge in [0.05, 0.1) is 12.5 Å². The number of carboxylic acids is 1. The van der Waals surface area contributed by atoms with Gasteiger partial charge >= 0.3 is 12.0 Å². The molecule has 0 aliphatic rings. The van der Waals surface area contributed by atoms with Crippen LogP contribution in [0.1, 0.15) is 82.9 Å². The smallest absolute Gasteiger partial charge is 0.334 e. The van der Waals surface area contributed by atoms with Gasteiger partial charge < -0.3 is 85.4 Å². The lowest BCUT2D eigenvalue weighted by atomic mass is 10.0. The minimum Gasteiger partial charge on any atom is -0.508 e. The highest BCUT2D eigenvalue weighted by molar-refractivity contribution is 5.99. The average Bonchev–Trinajstić information content (AvgIpc) is 1.90. The molecule has 1 aromatic heterocycles. The van der Waals surface area contributed by atoms with Gasteiger partial charge in [0.25, 0.3) is 5.91 Å². The van der Waals surface area contributed by atoms with E-state index in [0.29, 0.717) is 11.1 Å². The number of aromatic nitrogens is 1. The summed E-state index contributed by atoms with van der Waals surface area (Å²) in [6, 6.07) is 3.75. The van der Waals surface area contributed by atoms with Crippen molar-refractivity contribution in [3.05, 3.63) is 102 Å². The molecule has 0 unspecified atom stereocenters. The van der Waals surface area contributed by atoms with Gasteiger partial charge in [-0.15, -0.1) is 0 Å². The number of aromatic amines is 1. The number of aliphatic hydroxyl groups excluding tert-OH is 1. The number of benzene rings is 3. The van der Waals surface area contributed by atoms with E-state index in [4.69, 9.17) is 17.2 Å². The molecule has 0 aliphatic heterocycles. The van der Waals surface area contributed by atoms with E-state index in [-0.39, 0.29) is 61.8 Å². The number of aliphatic carboxylic acids is 1. The second kappa shape index (κ2) is 35.4. The first kappa shape index (κ1) is 72.1. The Morgan fingerprint density at radius 2 is 1.16 bits per heavy atom. The summed E-state index contributed by atoms with van der Waals surface area (Å²) in [5.41, 5.74) is 22.9. The standard InChI is InChI=1S/C58H79FN16O15/c1-29(2)23-42(52(85)67-39(15-10-22-64-57(62)63-5)50(83)69-41(49(61)82)26-34-28-65-38-14-9-7-12-36(34)38)72-58(90)75-74-55(88)44(25-33-11-6-8-13-37(33)59)71-56(89)48(30(3)76)73-54(87)45(27-46(60)79)70-51(84)40(20-21-47(80)81)68-53(86)43(66-31(4)77)24-32-16-18-35(78)19-17-32/h6-9,11-14,16-19,28-30,39-45,48,65,76,78H,10,15,20-27H2,1-5H3,(H2,60,79)(H2,61,82)(H,66,77)(H,67,85)(H,68,86)(H,69,83)(H,70,84)(H,71,89)(H,73,87)(H,74,88)(H,80,81)(H3,62,63,64)(H2,72,75,90)/t30-,39+,40+,41+,42+,43-,44+,45+,48+/m1/s1. The van der Waals surface area contributed by atoms with Crippen LogP contribution in [0.2, 0.25) is 0 Å². The molecule has 0 bridgehead atoms. The number of carbonyl (C=O) groups excluding carboxylic acids is 11. The lowest BCUT2D eigenvalue weighted by molar-refractivity contribution is -0.139. The number of urea groups is 1. The number of hydrazine groups is 1. The predicted molar refractivity (Wildman–Crippen MR) is 322 cm³/mol. The second-order valence-electron chi connectivity index (χ2n) is 21.5. The normalized spacial score (nSPS) is 14.2. The Morgan fingerprint density at radius 3 is 1.76 bits per heavy atom. The summed E-state index contributed by atoms with van der Waals surface area (Å²) in [5.74, 6) is -13.0. The maximum atomic E-state index is 15.2. The number of guanidine groups is 1. The Balaban J connectivity index is 1.52. The third-order valence-electron chi connectivity index (χ3n) is 13.7. The minimum absolute atomic E-state index is 0.00911. The number of hydrogen-bond acceptors (Lipinski definition) is 15. The fourth-order valence-corrected chi connectivity index (χ4v) is 9.09. The molecule has 0 aliphatic carbocycles. The first-order valence-corrected chi connectivity index (χ1v) is 28.5. The van der Waals surface area contributed by atoms with Crippen LogP contribution in [0.3, 0.4) is 0 Å². The van der Waals surface area contributed by atoms with E-state index in [1.807, 2.05) is 18.2 Å². The first-order valence-electron chi connectivity index (χ1n) is 28.5. The van der Waals surface area contributed by atoms with Crippen molar-refractivity contribution in [1.82, 2.24) is 63.7 Å². The van der Waals surface area contributed by atoms with E-state index in [1.165, 1.54) is 49.5 Å². The van der Waals surface area contributed by atoms with Crippen molar-refractivity contribution in [2.75, 3.05) is 13.6 Å². The van der Waals surface area contributed by atoms with Gasteiger partial charge in [-0.2, -0.15) is 0 Å². The summed E-state index contributed by atoms with van der Waals surface area (Å²) in [5, 5.41) is 52.8. The van der Waals surface area contributed by atoms with Crippen molar-refractivity contribution in [1.29, 1.82) is 0 Å². The number of H-pyrrole nitrogens is 1. The zero-order valence-electron chi connectivity index (χ0n) is 50.1. The number of para-hydroxylation sites is 1. The lowest BCUT2D eigenvalue weighted by Gasteiger charge is -2.28. The molecule has 0 radical (unpaired) electrons. The van der Waals surface area contributed by atoms with Gasteiger partial charge in [-0.3, -0.25) is 63.2 Å². The minimum atomic E-state index is -2.04. The van der Waals surface area contributed by atoms with Gasteiger partial charge in [0.2, 0.25) is 53.2 Å². The molecule has 4 aromatic rings. The molecule has 21 N–H and O–H groups in total. The number of aromatic hydroxyl groups is 1. The summed E-state index contributed by atoms with van der Waals surface area (Å²) in [4.78, 5) is 167. The maximum Gasteiger partial charge on any atom is 0.334 e. The van der Waals surface area contributed by atoms with E-state index in [2.05, 4.69) is 68.7 Å². The van der Waals surface area contributed by atoms with Gasteiger partial charge in [0.1, 0.15) is 59.9 Å². The van der Waals surface area contributed by atoms with Gasteiger partial charge in [0.15, 0.2) is 5.96 Å². The number of halogens is 1. The van der Waals surface area contributed by atoms with Gasteiger partial charge in [-0.25, -0.2) is 14.6 Å². The number of aliphatic hydroxyl groups is 1. The summed E-state index contributed by atoms with van der Waals surface area (Å²) in [6.07, 6.45) is -3.10. The molecule has 32 heteroatoms. The van der Waals surface area contributed by atoms with Crippen molar-refractivity contribution >= 4 is 87.9 Å². The number of fused-ring (bicyclic) bond motifs is 1. The zero-order valence-corrected chi connectivity index (χ0v) is 50.1. The van der Waals surface area contributed by atoms with Crippen LogP contribution in [0, 0.1) is 11.7 Å². The average molecular weight is 1260 g/mol. The Morgan fingerprint density at radius 1 is 0.600 bits per heavy atom. The third kappa shape index (κ3) is 24.0. The molecule has 4 rings (SSSR count). The number of amides is 12. The highest BCUT2D eigenvalue weighted by Gasteiger charge is 2.36. The number of carbonyl (C=O) groups is 12. The molecule has 9 atom stereocenters. The number of rotatable bonds is 34. The van der Waals surface area contributed by atoms with E-state index < -0.39 is 157 Å². The second-order valence-corrected chi connectivity index (χ2v) is 21.5. The summed E-state index contributed by atoms with van der Waals surface area (Å²) in [7, 11) is 1.46. The van der Waals surface area contributed by atoms with Crippen LogP contribution in [0.4, 0.5) is 9.18 Å². The van der Waals surface area contributed by atoms with Crippen LogP contribution in [0.15, 0.2) is 84.0 Å². The lowest BCUT2D eigenvalue weighted by Crippen LogP contribution is -2.62. The Hall–Kier alpha value is -10.4. The molecule has 0 spiro atoms. The molecule has 12 amide bonds. The fourth-order valence-electron chi connectivity index (χ4n) is 9.09. The van der Waals surface area contributed by atoms with Gasteiger partial charge in [0, 0.05) is 63.3 Å². The van der Waals surface area contributed by atoms with E-state index >= 15 is 4.39 Å². The Bertz CT molecular complexity index is 3230. The van der Waals surface area contributed by atoms with Crippen LogP contribution < -0.4 is 75.9 Å². The molecule has 1 heterocycles. The molecular formula is C58H79FN16O15. The maximum absolute atomic E-state index is 15.2. The number of phenolic OH excluding ortho intramolecular Hbond substituents is 1. The predicted octanol–water partition coefficient (Wildman–Crippen LogP) is -2.88. The number of nitrogens with one attached hydrogen (secondary N) is 12. The number of nitrogens with two attached hydrogens (primary N) is 3. The largest absolute Gasteiger partial charge is 0.508 e. The molecular weight excluding hydrogens is 1180 g/mol. The number of hydrogen-bond donors (Lipinski definition) is 18. The SMILES string of the molecule is CN=C(N)NCCC[C@H](NC(=O)[C@H](CC(C)C)NC(=O)NNC(=O)[C@H](Cc1ccccc1F)NC(=O)[C@@H](NC(=O)[C@H](CC(N)=O)NC(=O)[C@H](CCC(=O)O)NC(=O)[C@@H](Cc1ccc(O)cc1)NC(C)=O)[C@@H](C)O)C(=O)N[C@@H](Cc1c[nH]c2ccccc12)C(N)=O. The van der Waals surface area contributed by atoms with Crippen molar-refractivity contribution in [3.63, 3.8) is 0 Å². The molecule has 0 saturated carbocycles. The monoisotopic (exact) mass is 1260 g/mol. The highest BCUT2D eigenvalue weighted by atomic mass is 19.1. The van der Waals surface area contributed by atoms with Gasteiger partial charge in [-0.05, 0) is 79.5 Å². The van der Waals surface area contributed by atoms with E-state index in [0.717, 1.165) is 30.8 Å². The number of primary amides is 2. The van der Waals surface area contributed by atoms with Crippen molar-refractivity contribution in [2.24, 2.45) is 28.1 Å². The van der Waals surface area contributed by atoms with E-state index in [9.17, 15) is 72.9 Å². The Kier molecular flexibility index (Phi) is 28.4. The molecule has 31 nitrogen and oxygen atoms in total. The molecule has 0 saturated heterocycles. The number of phenols is 1. The van der Waals surface area contributed by atoms with E-state index in [1.54, 1.807) is 26.1 Å². The van der Waals surface area contributed by atoms with Gasteiger partial charge in [-0.1, -0.05) is 62.4 Å². The number of aliphatic imine (C=N–C) groups is 1. The summed E-state index contributed by atoms with van der Waals surface area (Å²) in [6.45, 7) is 5.80. The quantitative estimate of drug-likeness (QED) is 0.00967. The molecule has 488 valence electrons. The molecule has 90 heavy (non-hydrogen) atoms. The third-order valence-corrected chi connectivity index (χ3v) is 13.7. The number of nitrogens with zero attached hydrogens (tertiary/aromatic N) is 1. The van der Waals surface area contributed by atoms with Crippen LogP contribution in [-0.4, -0.2) is 165 Å². The van der Waals surface area contributed by atoms with Crippen molar-refractivity contribution in [3.8, 4) is 5.75 Å². The summed E-state index contributed by atoms with van der Waals surface area (Å²) < 4.78 is 15.2. The van der Waals surface area contributed by atoms with Crippen LogP contribution in [0.5, 0.6) is 5.75 Å². The van der Waals surface area contributed by atoms with Crippen LogP contribution in [-0.2, 0) is 72.0 Å².